The van der Waals surface area contributed by atoms with Gasteiger partial charge in [0.25, 0.3) is 0 Å². The molecule has 6 nitrogen and oxygen atoms in total. The average molecular weight is 377 g/mol. The minimum absolute atomic E-state index is 0. The first-order valence-corrected chi connectivity index (χ1v) is 8.98. The summed E-state index contributed by atoms with van der Waals surface area (Å²) in [6.07, 6.45) is 5.01. The van der Waals surface area contributed by atoms with Crippen molar-refractivity contribution < 1.29 is 12.8 Å². The molecule has 0 radical (unpaired) electrons. The third kappa shape index (κ3) is 5.01. The number of nitrogens with one attached hydrogen (secondary N) is 1. The first-order chi connectivity index (χ1) is 11.0. The highest BCUT2D eigenvalue weighted by atomic mass is 35.5. The van der Waals surface area contributed by atoms with E-state index in [1.54, 1.807) is 12.1 Å². The minimum Gasteiger partial charge on any atom is -0.329 e. The van der Waals surface area contributed by atoms with Crippen molar-refractivity contribution in [3.8, 4) is 5.69 Å². The second-order valence-electron chi connectivity index (χ2n) is 5.27. The number of sulfonamides is 1. The molecule has 0 spiro atoms. The van der Waals surface area contributed by atoms with Crippen LogP contribution in [-0.2, 0) is 10.0 Å². The SMILES string of the molecule is CCCCC(CN)NS(=O)(=O)c1cnn(-c2ccccc2F)c1.Cl. The van der Waals surface area contributed by atoms with Crippen molar-refractivity contribution in [1.82, 2.24) is 14.5 Å². The molecule has 2 aromatic rings. The fourth-order valence-corrected chi connectivity index (χ4v) is 3.39. The van der Waals surface area contributed by atoms with Gasteiger partial charge in [0.1, 0.15) is 16.4 Å². The number of aromatic nitrogens is 2. The Bertz CT molecular complexity index is 751. The molecule has 9 heteroatoms. The summed E-state index contributed by atoms with van der Waals surface area (Å²) < 4.78 is 42.3. The topological polar surface area (TPSA) is 90.0 Å². The molecule has 1 aromatic carbocycles. The molecular weight excluding hydrogens is 355 g/mol. The van der Waals surface area contributed by atoms with Gasteiger partial charge >= 0.3 is 0 Å². The van der Waals surface area contributed by atoms with E-state index >= 15 is 0 Å². The molecule has 0 saturated heterocycles. The maximum Gasteiger partial charge on any atom is 0.244 e. The summed E-state index contributed by atoms with van der Waals surface area (Å²) in [6, 6.07) is 5.70. The van der Waals surface area contributed by atoms with Crippen molar-refractivity contribution in [3.05, 3.63) is 42.5 Å². The fraction of sp³-hybridized carbons (Fsp3) is 0.400. The Balaban J connectivity index is 0.00000288. The maximum atomic E-state index is 13.7. The second kappa shape index (κ2) is 9.12. The zero-order valence-corrected chi connectivity index (χ0v) is 15.0. The number of nitrogens with two attached hydrogens (primary N) is 1. The molecule has 0 bridgehead atoms. The summed E-state index contributed by atoms with van der Waals surface area (Å²) in [5.41, 5.74) is 5.81. The molecule has 1 unspecified atom stereocenters. The summed E-state index contributed by atoms with van der Waals surface area (Å²) in [5.74, 6) is -0.477. The number of benzene rings is 1. The van der Waals surface area contributed by atoms with Crippen LogP contribution in [0.5, 0.6) is 0 Å². The normalized spacial score (nSPS) is 12.6. The molecule has 0 aliphatic heterocycles. The van der Waals surface area contributed by atoms with E-state index in [2.05, 4.69) is 9.82 Å². The third-order valence-corrected chi connectivity index (χ3v) is 4.96. The van der Waals surface area contributed by atoms with Gasteiger partial charge in [-0.15, -0.1) is 12.4 Å². The highest BCUT2D eigenvalue weighted by molar-refractivity contribution is 7.89. The molecule has 2 rings (SSSR count). The number of rotatable bonds is 8. The van der Waals surface area contributed by atoms with Crippen LogP contribution < -0.4 is 10.5 Å². The molecule has 0 aliphatic carbocycles. The number of para-hydroxylation sites is 1. The van der Waals surface area contributed by atoms with Crippen LogP contribution >= 0.6 is 12.4 Å². The molecule has 0 fully saturated rings. The Labute approximate surface area is 147 Å². The Morgan fingerprint density at radius 1 is 1.38 bits per heavy atom. The lowest BCUT2D eigenvalue weighted by atomic mass is 10.1. The lowest BCUT2D eigenvalue weighted by molar-refractivity contribution is 0.516. The van der Waals surface area contributed by atoms with E-state index in [4.69, 9.17) is 5.73 Å². The lowest BCUT2D eigenvalue weighted by Crippen LogP contribution is -2.39. The van der Waals surface area contributed by atoms with Crippen LogP contribution in [0.25, 0.3) is 5.69 Å². The van der Waals surface area contributed by atoms with Gasteiger partial charge in [0, 0.05) is 12.6 Å². The number of hydrogen-bond acceptors (Lipinski definition) is 4. The van der Waals surface area contributed by atoms with Gasteiger partial charge in [0.2, 0.25) is 10.0 Å². The Kier molecular flexibility index (Phi) is 7.82. The third-order valence-electron chi connectivity index (χ3n) is 3.48. The number of hydrogen-bond donors (Lipinski definition) is 2. The Morgan fingerprint density at radius 2 is 2.08 bits per heavy atom. The molecule has 0 amide bonds. The van der Waals surface area contributed by atoms with E-state index < -0.39 is 15.8 Å². The average Bonchev–Trinajstić information content (AvgIpc) is 3.02. The molecule has 0 aliphatic rings. The van der Waals surface area contributed by atoms with Crippen molar-refractivity contribution in [2.24, 2.45) is 5.73 Å². The van der Waals surface area contributed by atoms with Crippen LogP contribution in [0.3, 0.4) is 0 Å². The van der Waals surface area contributed by atoms with Gasteiger partial charge in [0.15, 0.2) is 0 Å². The molecule has 3 N–H and O–H groups in total. The molecule has 0 saturated carbocycles. The van der Waals surface area contributed by atoms with Crippen molar-refractivity contribution in [1.29, 1.82) is 0 Å². The highest BCUT2D eigenvalue weighted by Gasteiger charge is 2.21. The summed E-state index contributed by atoms with van der Waals surface area (Å²) in [5, 5.41) is 3.94. The summed E-state index contributed by atoms with van der Waals surface area (Å²) in [7, 11) is -3.74. The van der Waals surface area contributed by atoms with Gasteiger partial charge in [-0.3, -0.25) is 0 Å². The van der Waals surface area contributed by atoms with Gasteiger partial charge in [-0.2, -0.15) is 5.10 Å². The quantitative estimate of drug-likeness (QED) is 0.739. The zero-order valence-electron chi connectivity index (χ0n) is 13.4. The first kappa shape index (κ1) is 20.6. The first-order valence-electron chi connectivity index (χ1n) is 7.50. The molecular formula is C15H22ClFN4O2S. The van der Waals surface area contributed by atoms with Crippen LogP contribution in [0.2, 0.25) is 0 Å². The second-order valence-corrected chi connectivity index (χ2v) is 6.98. The van der Waals surface area contributed by atoms with Crippen LogP contribution in [0.1, 0.15) is 26.2 Å². The van der Waals surface area contributed by atoms with Crippen molar-refractivity contribution in [2.45, 2.75) is 37.1 Å². The predicted octanol–water partition coefficient (Wildman–Crippen LogP) is 2.23. The molecule has 1 atom stereocenters. The van der Waals surface area contributed by atoms with E-state index in [0.717, 1.165) is 12.8 Å². The number of nitrogens with zero attached hydrogens (tertiary/aromatic N) is 2. The van der Waals surface area contributed by atoms with Crippen molar-refractivity contribution >= 4 is 22.4 Å². The fourth-order valence-electron chi connectivity index (χ4n) is 2.18. The molecule has 134 valence electrons. The van der Waals surface area contributed by atoms with E-state index in [9.17, 15) is 12.8 Å². The van der Waals surface area contributed by atoms with Gasteiger partial charge in [-0.05, 0) is 18.6 Å². The summed E-state index contributed by atoms with van der Waals surface area (Å²) >= 11 is 0. The monoisotopic (exact) mass is 376 g/mol. The summed E-state index contributed by atoms with van der Waals surface area (Å²) in [6.45, 7) is 2.25. The van der Waals surface area contributed by atoms with E-state index in [0.29, 0.717) is 6.42 Å². The highest BCUT2D eigenvalue weighted by Crippen LogP contribution is 2.15. The number of halogens is 2. The van der Waals surface area contributed by atoms with Crippen molar-refractivity contribution in [2.75, 3.05) is 6.54 Å². The van der Waals surface area contributed by atoms with E-state index in [-0.39, 0.29) is 35.6 Å². The smallest absolute Gasteiger partial charge is 0.244 e. The van der Waals surface area contributed by atoms with Gasteiger partial charge in [-0.1, -0.05) is 31.9 Å². The molecule has 24 heavy (non-hydrogen) atoms. The van der Waals surface area contributed by atoms with Crippen LogP contribution in [0.4, 0.5) is 4.39 Å². The van der Waals surface area contributed by atoms with Gasteiger partial charge in [0.05, 0.1) is 12.4 Å². The standard InChI is InChI=1S/C15H21FN4O2S.ClH/c1-2-3-6-12(9-17)19-23(21,22)13-10-18-20(11-13)15-8-5-4-7-14(15)16;/h4-5,7-8,10-12,19H,2-3,6,9,17H2,1H3;1H. The van der Waals surface area contributed by atoms with Crippen LogP contribution in [-0.4, -0.2) is 30.8 Å². The Hall–Kier alpha value is -1.48. The zero-order chi connectivity index (χ0) is 16.9. The Morgan fingerprint density at radius 3 is 2.71 bits per heavy atom. The van der Waals surface area contributed by atoms with Gasteiger partial charge in [-0.25, -0.2) is 22.2 Å². The van der Waals surface area contributed by atoms with Gasteiger partial charge < -0.3 is 5.73 Å². The molecule has 1 heterocycles. The predicted molar refractivity (Wildman–Crippen MR) is 93.5 cm³/mol. The maximum absolute atomic E-state index is 13.7. The minimum atomic E-state index is -3.74. The van der Waals surface area contributed by atoms with Crippen molar-refractivity contribution in [3.63, 3.8) is 0 Å². The van der Waals surface area contributed by atoms with E-state index in [1.807, 2.05) is 6.92 Å². The molecule has 1 aromatic heterocycles. The summed E-state index contributed by atoms with van der Waals surface area (Å²) in [4.78, 5) is -0.0179. The number of unbranched alkanes of at least 4 members (excludes halogenated alkanes) is 1. The van der Waals surface area contributed by atoms with E-state index in [1.165, 1.54) is 29.2 Å². The lowest BCUT2D eigenvalue weighted by Gasteiger charge is -2.15. The van der Waals surface area contributed by atoms with Crippen LogP contribution in [0.15, 0.2) is 41.6 Å². The largest absolute Gasteiger partial charge is 0.329 e. The van der Waals surface area contributed by atoms with Crippen LogP contribution in [0, 0.1) is 5.82 Å².